The van der Waals surface area contributed by atoms with Crippen molar-refractivity contribution in [3.8, 4) is 67.5 Å². The van der Waals surface area contributed by atoms with Gasteiger partial charge in [-0.3, -0.25) is 0 Å². The van der Waals surface area contributed by atoms with Crippen molar-refractivity contribution in [3.63, 3.8) is 0 Å². The molecule has 0 aliphatic rings. The zero-order valence-electron chi connectivity index (χ0n) is 33.0. The van der Waals surface area contributed by atoms with Gasteiger partial charge in [0.25, 0.3) is 0 Å². The summed E-state index contributed by atoms with van der Waals surface area (Å²) < 4.78 is 66.9. The zero-order valence-corrected chi connectivity index (χ0v) is 26.0. The molecule has 0 bridgehead atoms. The molecule has 0 N–H and O–H groups in total. The van der Waals surface area contributed by atoms with Crippen molar-refractivity contribution in [2.24, 2.45) is 0 Å². The van der Waals surface area contributed by atoms with E-state index in [1.807, 2.05) is 115 Å². The molecule has 2 aromatic heterocycles. The second kappa shape index (κ2) is 12.2. The molecule has 49 heavy (non-hydrogen) atoms. The molecule has 0 radical (unpaired) electrons. The minimum atomic E-state index is -0.477. The van der Waals surface area contributed by atoms with Crippen molar-refractivity contribution in [3.05, 3.63) is 176 Å². The number of benzene rings is 7. The second-order valence-corrected chi connectivity index (χ2v) is 11.5. The molecule has 0 aliphatic carbocycles. The molecule has 0 saturated carbocycles. The van der Waals surface area contributed by atoms with Gasteiger partial charge in [-0.15, -0.1) is 0 Å². The Morgan fingerprint density at radius 1 is 0.388 bits per heavy atom. The highest BCUT2D eigenvalue weighted by molar-refractivity contribution is 6.09. The van der Waals surface area contributed by atoms with Crippen LogP contribution in [0.2, 0.25) is 0 Å². The van der Waals surface area contributed by atoms with E-state index in [2.05, 4.69) is 12.1 Å². The van der Waals surface area contributed by atoms with Crippen molar-refractivity contribution in [2.75, 3.05) is 0 Å². The summed E-state index contributed by atoms with van der Waals surface area (Å²) in [4.78, 5) is 14.9. The highest BCUT2D eigenvalue weighted by Gasteiger charge is 2.17. The maximum Gasteiger partial charge on any atom is 0.164 e. The summed E-state index contributed by atoms with van der Waals surface area (Å²) in [6.45, 7) is 0. The number of furan rings is 1. The summed E-state index contributed by atoms with van der Waals surface area (Å²) in [7, 11) is 0. The Kier molecular flexibility index (Phi) is 5.47. The first kappa shape index (κ1) is 22.0. The van der Waals surface area contributed by atoms with E-state index < -0.39 is 24.2 Å². The lowest BCUT2D eigenvalue weighted by Crippen LogP contribution is -2.00. The summed E-state index contributed by atoms with van der Waals surface area (Å²) in [5, 5.41) is 0.0421. The average Bonchev–Trinajstić information content (AvgIpc) is 3.65. The van der Waals surface area contributed by atoms with Crippen molar-refractivity contribution in [1.29, 1.82) is 0 Å². The van der Waals surface area contributed by atoms with Crippen molar-refractivity contribution < 1.29 is 14.0 Å². The lowest BCUT2D eigenvalue weighted by Gasteiger charge is -2.13. The Hall–Kier alpha value is -6.65. The monoisotopic (exact) mass is 634 g/mol. The number of rotatable bonds is 6. The van der Waals surface area contributed by atoms with Gasteiger partial charge in [-0.05, 0) is 52.1 Å². The fraction of sp³-hybridized carbons (Fsp3) is 0. The molecule has 230 valence electrons. The molecule has 0 fully saturated rings. The van der Waals surface area contributed by atoms with Crippen LogP contribution in [0, 0.1) is 0 Å². The third kappa shape index (κ3) is 5.45. The Morgan fingerprint density at radius 2 is 0.857 bits per heavy atom. The molecule has 0 atom stereocenters. The third-order valence-electron chi connectivity index (χ3n) is 8.44. The minimum absolute atomic E-state index is 0.00178. The molecule has 0 saturated heterocycles. The highest BCUT2D eigenvalue weighted by Crippen LogP contribution is 2.39. The molecule has 2 heterocycles. The van der Waals surface area contributed by atoms with Gasteiger partial charge in [-0.2, -0.15) is 0 Å². The fourth-order valence-corrected chi connectivity index (χ4v) is 6.02. The summed E-state index contributed by atoms with van der Waals surface area (Å²) in [5.41, 5.74) is 6.41. The van der Waals surface area contributed by atoms with Gasteiger partial charge < -0.3 is 4.42 Å². The quantitative estimate of drug-likeness (QED) is 0.183. The van der Waals surface area contributed by atoms with Crippen LogP contribution in [-0.4, -0.2) is 15.0 Å². The Bertz CT molecular complexity index is 2970. The van der Waals surface area contributed by atoms with Gasteiger partial charge in [0.1, 0.15) is 11.2 Å². The van der Waals surface area contributed by atoms with Crippen LogP contribution in [0.25, 0.3) is 89.5 Å². The smallest absolute Gasteiger partial charge is 0.164 e. The Morgan fingerprint density at radius 3 is 1.53 bits per heavy atom. The number of aromatic nitrogens is 3. The molecule has 4 heteroatoms. The van der Waals surface area contributed by atoms with Gasteiger partial charge in [0.2, 0.25) is 0 Å². The van der Waals surface area contributed by atoms with E-state index in [1.165, 1.54) is 0 Å². The van der Waals surface area contributed by atoms with E-state index in [9.17, 15) is 0 Å². The molecule has 7 aromatic carbocycles. The lowest BCUT2D eigenvalue weighted by atomic mass is 9.94. The lowest BCUT2D eigenvalue weighted by molar-refractivity contribution is 0.670. The van der Waals surface area contributed by atoms with Gasteiger partial charge in [-0.1, -0.05) is 152 Å². The zero-order chi connectivity index (χ0) is 38.7. The predicted molar refractivity (Wildman–Crippen MR) is 200 cm³/mol. The number of hydrogen-bond donors (Lipinski definition) is 0. The van der Waals surface area contributed by atoms with Crippen LogP contribution in [-0.2, 0) is 0 Å². The largest absolute Gasteiger partial charge is 0.455 e. The van der Waals surface area contributed by atoms with Gasteiger partial charge in [0, 0.05) is 33.0 Å². The number of fused-ring (bicyclic) bond motifs is 3. The van der Waals surface area contributed by atoms with Crippen LogP contribution < -0.4 is 0 Å². The van der Waals surface area contributed by atoms with E-state index in [0.29, 0.717) is 28.6 Å². The summed E-state index contributed by atoms with van der Waals surface area (Å²) in [6.07, 6.45) is 0. The van der Waals surface area contributed by atoms with Crippen LogP contribution in [0.5, 0.6) is 0 Å². The van der Waals surface area contributed by atoms with Crippen LogP contribution >= 0.6 is 0 Å². The highest BCUT2D eigenvalue weighted by atomic mass is 16.3. The van der Waals surface area contributed by atoms with Crippen molar-refractivity contribution in [1.82, 2.24) is 15.0 Å². The van der Waals surface area contributed by atoms with E-state index in [0.717, 1.165) is 33.4 Å². The van der Waals surface area contributed by atoms with Crippen LogP contribution in [0.1, 0.15) is 9.60 Å². The first-order valence-corrected chi connectivity index (χ1v) is 15.8. The van der Waals surface area contributed by atoms with E-state index in [1.54, 1.807) is 6.07 Å². The van der Waals surface area contributed by atoms with Gasteiger partial charge in [0.15, 0.2) is 17.5 Å². The summed E-state index contributed by atoms with van der Waals surface area (Å²) >= 11 is 0. The number of hydrogen-bond acceptors (Lipinski definition) is 4. The van der Waals surface area contributed by atoms with Gasteiger partial charge in [0.05, 0.1) is 9.60 Å². The summed E-state index contributed by atoms with van der Waals surface area (Å²) in [5.74, 6) is 1.27. The normalized spacial score (nSPS) is 13.3. The Labute approximate surface area is 293 Å². The molecule has 0 unspecified atom stereocenters. The number of nitrogens with zero attached hydrogens (tertiary/aromatic N) is 3. The van der Waals surface area contributed by atoms with Gasteiger partial charge in [-0.25, -0.2) is 15.0 Å². The molecule has 0 spiro atoms. The third-order valence-corrected chi connectivity index (χ3v) is 8.44. The van der Waals surface area contributed by atoms with E-state index in [-0.39, 0.29) is 45.6 Å². The molecule has 9 rings (SSSR count). The van der Waals surface area contributed by atoms with Crippen molar-refractivity contribution >= 4 is 21.9 Å². The fourth-order valence-electron chi connectivity index (χ4n) is 6.02. The molecule has 4 nitrogen and oxygen atoms in total. The van der Waals surface area contributed by atoms with Gasteiger partial charge >= 0.3 is 0 Å². The van der Waals surface area contributed by atoms with Crippen LogP contribution in [0.15, 0.2) is 180 Å². The molecular formula is C45H29N3O. The molecular weight excluding hydrogens is 599 g/mol. The maximum absolute atomic E-state index is 9.17. The molecule has 0 amide bonds. The van der Waals surface area contributed by atoms with E-state index in [4.69, 9.17) is 29.0 Å². The standard InChI is InChI=1S/C45H29N3O/c1-4-13-30(14-5-1)32-23-25-34(26-24-32)44-46-43(33-17-8-3-9-18-33)47-45(48-44)37-28-35(31-15-6-2-7-16-31)27-36(29-37)38-20-12-21-40-39-19-10-11-22-41(39)49-42(38)40/h1-29H/i10D,11D,12D,19D,20D,21D,22D. The first-order chi connectivity index (χ1) is 27.2. The second-order valence-electron chi connectivity index (χ2n) is 11.5. The summed E-state index contributed by atoms with van der Waals surface area (Å²) in [6, 6.07) is 40.3. The maximum atomic E-state index is 9.17. The van der Waals surface area contributed by atoms with Crippen LogP contribution in [0.3, 0.4) is 0 Å². The minimum Gasteiger partial charge on any atom is -0.455 e. The first-order valence-electron chi connectivity index (χ1n) is 19.3. The SMILES string of the molecule is [2H]c1c([2H])c([2H])c2c(oc3c(-c4cc(-c5ccccc5)cc(-c5nc(-c6ccccc6)nc(-c6ccc(-c7ccccc7)cc6)n5)c4)c([2H])c([2H])c([2H])c32)c1[2H]. The number of para-hydroxylation sites is 2. The molecule has 9 aromatic rings. The average molecular weight is 635 g/mol. The van der Waals surface area contributed by atoms with E-state index >= 15 is 0 Å². The predicted octanol–water partition coefficient (Wildman–Crippen LogP) is 11.8. The topological polar surface area (TPSA) is 51.8 Å². The molecule has 0 aliphatic heterocycles. The van der Waals surface area contributed by atoms with Crippen molar-refractivity contribution in [2.45, 2.75) is 0 Å². The Balaban J connectivity index is 1.31. The van der Waals surface area contributed by atoms with Crippen LogP contribution in [0.4, 0.5) is 0 Å².